The Hall–Kier alpha value is -2.88. The maximum Gasteiger partial charge on any atom is 0.282 e. The molecule has 0 saturated carbocycles. The minimum Gasteiger partial charge on any atom is -0.343 e. The monoisotopic (exact) mass is 382 g/mol. The van der Waals surface area contributed by atoms with Gasteiger partial charge in [0.25, 0.3) is 18.2 Å². The fourth-order valence-electron chi connectivity index (χ4n) is 2.20. The molecule has 3 heterocycles. The van der Waals surface area contributed by atoms with E-state index in [1.54, 1.807) is 13.0 Å². The van der Waals surface area contributed by atoms with Crippen molar-refractivity contribution in [3.63, 3.8) is 0 Å². The van der Waals surface area contributed by atoms with E-state index in [1.807, 2.05) is 0 Å². The fourth-order valence-corrected chi connectivity index (χ4v) is 2.38. The van der Waals surface area contributed by atoms with E-state index < -0.39 is 18.0 Å². The number of halogens is 3. The number of nitrogens with zero attached hydrogens (tertiary/aromatic N) is 5. The molecular weight excluding hydrogens is 370 g/mol. The van der Waals surface area contributed by atoms with Crippen molar-refractivity contribution in [1.29, 1.82) is 0 Å². The van der Waals surface area contributed by atoms with Crippen molar-refractivity contribution < 1.29 is 18.1 Å². The molecule has 0 spiro atoms. The molecule has 0 bridgehead atoms. The summed E-state index contributed by atoms with van der Waals surface area (Å²) >= 11 is 6.06. The molecule has 3 aromatic heterocycles. The smallest absolute Gasteiger partial charge is 0.282 e. The van der Waals surface area contributed by atoms with Gasteiger partial charge >= 0.3 is 0 Å². The zero-order valence-corrected chi connectivity index (χ0v) is 14.5. The predicted octanol–water partition coefficient (Wildman–Crippen LogP) is 2.69. The lowest BCUT2D eigenvalue weighted by atomic mass is 10.2. The van der Waals surface area contributed by atoms with Crippen LogP contribution in [0.1, 0.15) is 34.1 Å². The molecule has 1 N–H and O–H groups in total. The number of aromatic nitrogens is 5. The Labute approximate surface area is 151 Å². The number of amides is 1. The van der Waals surface area contributed by atoms with E-state index in [0.717, 1.165) is 16.4 Å². The maximum absolute atomic E-state index is 12.6. The Morgan fingerprint density at radius 2 is 2.19 bits per heavy atom. The van der Waals surface area contributed by atoms with Crippen molar-refractivity contribution in [3.05, 3.63) is 46.3 Å². The molecule has 3 rings (SSSR count). The number of nitrogens with one attached hydrogen (secondary N) is 1. The molecule has 0 aliphatic heterocycles. The number of carbonyl (C=O) groups excluding carboxylic acids is 1. The molecule has 0 atom stereocenters. The van der Waals surface area contributed by atoms with Gasteiger partial charge in [-0.1, -0.05) is 16.8 Å². The van der Waals surface area contributed by atoms with E-state index in [1.165, 1.54) is 13.2 Å². The third-order valence-corrected chi connectivity index (χ3v) is 3.75. The second-order valence-corrected chi connectivity index (χ2v) is 5.79. The van der Waals surface area contributed by atoms with E-state index in [2.05, 4.69) is 25.5 Å². The van der Waals surface area contributed by atoms with Crippen molar-refractivity contribution in [2.24, 2.45) is 7.05 Å². The molecule has 11 heteroatoms. The zero-order chi connectivity index (χ0) is 18.8. The van der Waals surface area contributed by atoms with Crippen molar-refractivity contribution in [3.8, 4) is 11.5 Å². The normalized spacial score (nSPS) is 11.2. The molecule has 1 amide bonds. The molecule has 136 valence electrons. The lowest BCUT2D eigenvalue weighted by Gasteiger charge is -2.02. The van der Waals surface area contributed by atoms with Crippen LogP contribution in [0.2, 0.25) is 5.02 Å². The summed E-state index contributed by atoms with van der Waals surface area (Å²) < 4.78 is 31.5. The van der Waals surface area contributed by atoms with Crippen LogP contribution in [0.5, 0.6) is 0 Å². The van der Waals surface area contributed by atoms with Crippen molar-refractivity contribution in [1.82, 2.24) is 30.2 Å². The summed E-state index contributed by atoms with van der Waals surface area (Å²) in [6, 6.07) is 2.72. The quantitative estimate of drug-likeness (QED) is 0.728. The van der Waals surface area contributed by atoms with Crippen LogP contribution in [0.4, 0.5) is 8.78 Å². The van der Waals surface area contributed by atoms with Gasteiger partial charge in [-0.15, -0.1) is 0 Å². The summed E-state index contributed by atoms with van der Waals surface area (Å²) in [6.07, 6.45) is -1.28. The molecule has 3 aromatic rings. The number of hydrogen-bond acceptors (Lipinski definition) is 6. The molecule has 0 aliphatic carbocycles. The molecule has 26 heavy (non-hydrogen) atoms. The SMILES string of the molecule is Cc1cc(-c2nc(CNC(=O)c3cc(C(F)F)nn3C)no2)c(Cl)cn1. The van der Waals surface area contributed by atoms with Crippen LogP contribution < -0.4 is 5.32 Å². The fraction of sp³-hybridized carbons (Fsp3) is 0.267. The predicted molar refractivity (Wildman–Crippen MR) is 86.6 cm³/mol. The van der Waals surface area contributed by atoms with Gasteiger partial charge in [0.2, 0.25) is 0 Å². The lowest BCUT2D eigenvalue weighted by molar-refractivity contribution is 0.0940. The highest BCUT2D eigenvalue weighted by atomic mass is 35.5. The molecule has 0 fully saturated rings. The minimum atomic E-state index is -2.75. The molecular formula is C15H13ClF2N6O2. The second-order valence-electron chi connectivity index (χ2n) is 5.38. The van der Waals surface area contributed by atoms with Gasteiger partial charge in [0.05, 0.1) is 17.1 Å². The molecule has 0 saturated heterocycles. The Balaban J connectivity index is 1.70. The number of pyridine rings is 1. The largest absolute Gasteiger partial charge is 0.343 e. The van der Waals surface area contributed by atoms with Crippen molar-refractivity contribution >= 4 is 17.5 Å². The van der Waals surface area contributed by atoms with Crippen molar-refractivity contribution in [2.45, 2.75) is 19.9 Å². The van der Waals surface area contributed by atoms with E-state index in [-0.39, 0.29) is 24.0 Å². The first-order valence-electron chi connectivity index (χ1n) is 7.40. The minimum absolute atomic E-state index is 0.00294. The third-order valence-electron chi connectivity index (χ3n) is 3.45. The Morgan fingerprint density at radius 1 is 1.42 bits per heavy atom. The van der Waals surface area contributed by atoms with Gasteiger partial charge < -0.3 is 9.84 Å². The molecule has 0 aliphatic rings. The van der Waals surface area contributed by atoms with E-state index in [0.29, 0.717) is 10.6 Å². The highest BCUT2D eigenvalue weighted by Crippen LogP contribution is 2.26. The van der Waals surface area contributed by atoms with E-state index in [9.17, 15) is 13.6 Å². The van der Waals surface area contributed by atoms with Crippen LogP contribution in [0.3, 0.4) is 0 Å². The molecule has 0 aromatic carbocycles. The van der Waals surface area contributed by atoms with Crippen molar-refractivity contribution in [2.75, 3.05) is 0 Å². The highest BCUT2D eigenvalue weighted by Gasteiger charge is 2.19. The van der Waals surface area contributed by atoms with Crippen LogP contribution >= 0.6 is 11.6 Å². The lowest BCUT2D eigenvalue weighted by Crippen LogP contribution is -2.25. The van der Waals surface area contributed by atoms with E-state index >= 15 is 0 Å². The van der Waals surface area contributed by atoms with E-state index in [4.69, 9.17) is 16.1 Å². The first kappa shape index (κ1) is 17.9. The average Bonchev–Trinajstić information content (AvgIpc) is 3.21. The summed E-state index contributed by atoms with van der Waals surface area (Å²) in [7, 11) is 1.40. The molecule has 0 radical (unpaired) electrons. The van der Waals surface area contributed by atoms with Gasteiger partial charge in [-0.05, 0) is 19.1 Å². The van der Waals surface area contributed by atoms with Crippen LogP contribution in [0, 0.1) is 6.92 Å². The Morgan fingerprint density at radius 3 is 2.88 bits per heavy atom. The number of rotatable bonds is 5. The summed E-state index contributed by atoms with van der Waals surface area (Å²) in [6.45, 7) is 1.73. The Kier molecular flexibility index (Phi) is 4.94. The van der Waals surface area contributed by atoms with Gasteiger partial charge in [0.15, 0.2) is 5.82 Å². The number of aryl methyl sites for hydroxylation is 2. The van der Waals surface area contributed by atoms with Crippen LogP contribution in [-0.2, 0) is 13.6 Å². The standard InChI is InChI=1S/C15H13ClF2N6O2/c1-7-3-8(9(16)5-19-7)15-21-12(23-26-15)6-20-14(25)11-4-10(13(17)18)22-24(11)2/h3-5,13H,6H2,1-2H3,(H,20,25). The van der Waals surface area contributed by atoms with Crippen LogP contribution in [0.25, 0.3) is 11.5 Å². The van der Waals surface area contributed by atoms with Gasteiger partial charge in [0.1, 0.15) is 11.4 Å². The zero-order valence-electron chi connectivity index (χ0n) is 13.7. The first-order valence-corrected chi connectivity index (χ1v) is 7.78. The Bertz CT molecular complexity index is 956. The summed E-state index contributed by atoms with van der Waals surface area (Å²) in [4.78, 5) is 20.3. The van der Waals surface area contributed by atoms with Gasteiger partial charge in [-0.2, -0.15) is 10.1 Å². The summed E-state index contributed by atoms with van der Waals surface area (Å²) in [5.74, 6) is -0.198. The number of hydrogen-bond donors (Lipinski definition) is 1. The second kappa shape index (κ2) is 7.16. The average molecular weight is 383 g/mol. The number of alkyl halides is 2. The highest BCUT2D eigenvalue weighted by molar-refractivity contribution is 6.33. The molecule has 8 nitrogen and oxygen atoms in total. The molecule has 0 unspecified atom stereocenters. The van der Waals surface area contributed by atoms with Crippen LogP contribution in [0.15, 0.2) is 22.9 Å². The van der Waals surface area contributed by atoms with Gasteiger partial charge in [0, 0.05) is 18.9 Å². The third kappa shape index (κ3) is 3.69. The maximum atomic E-state index is 12.6. The summed E-state index contributed by atoms with van der Waals surface area (Å²) in [5.41, 5.74) is 0.778. The first-order chi connectivity index (χ1) is 12.3. The van der Waals surface area contributed by atoms with Gasteiger partial charge in [-0.3, -0.25) is 14.5 Å². The topological polar surface area (TPSA) is 98.7 Å². The number of carbonyl (C=O) groups is 1. The van der Waals surface area contributed by atoms with Crippen LogP contribution in [-0.4, -0.2) is 30.8 Å². The summed E-state index contributed by atoms with van der Waals surface area (Å²) in [5, 5.41) is 10.2. The van der Waals surface area contributed by atoms with Gasteiger partial charge in [-0.25, -0.2) is 8.78 Å².